The lowest BCUT2D eigenvalue weighted by atomic mass is 9.81. The lowest BCUT2D eigenvalue weighted by Crippen LogP contribution is -2.38. The van der Waals surface area contributed by atoms with Gasteiger partial charge in [0.1, 0.15) is 23.9 Å². The maximum absolute atomic E-state index is 12.4. The molecule has 7 aliphatic rings. The molecule has 10 rings (SSSR count). The molecule has 3 aromatic carbocycles. The summed E-state index contributed by atoms with van der Waals surface area (Å²) in [6.07, 6.45) is 1.73. The molecule has 492 valence electrons. The van der Waals surface area contributed by atoms with Crippen molar-refractivity contribution in [2.45, 2.75) is 193 Å². The lowest BCUT2D eigenvalue weighted by Gasteiger charge is -2.30. The highest BCUT2D eigenvalue weighted by atomic mass is 35.5. The molecule has 89 heavy (non-hydrogen) atoms. The van der Waals surface area contributed by atoms with Crippen molar-refractivity contribution >= 4 is 99.7 Å². The number of nitrogens with zero attached hydrogens (tertiary/aromatic N) is 3. The summed E-state index contributed by atoms with van der Waals surface area (Å²) >= 11 is 21.1. The second-order valence-corrected chi connectivity index (χ2v) is 26.5. The number of hydrogen-bond acceptors (Lipinski definition) is 18. The molecular formula is C62H84Cl4N6O17. The first-order valence-corrected chi connectivity index (χ1v) is 31.8. The minimum Gasteiger partial charge on any atom is -0.464 e. The van der Waals surface area contributed by atoms with Crippen LogP contribution in [0, 0.1) is 0 Å². The van der Waals surface area contributed by atoms with E-state index in [1.54, 1.807) is 37.5 Å². The van der Waals surface area contributed by atoms with Crippen molar-refractivity contribution in [3.63, 3.8) is 0 Å². The van der Waals surface area contributed by atoms with Gasteiger partial charge in [0.25, 0.3) is 5.91 Å². The van der Waals surface area contributed by atoms with E-state index in [1.807, 2.05) is 74.5 Å². The summed E-state index contributed by atoms with van der Waals surface area (Å²) in [5.41, 5.74) is 10.7. The van der Waals surface area contributed by atoms with E-state index in [4.69, 9.17) is 80.6 Å². The molecule has 4 saturated heterocycles. The molecule has 3 aliphatic carbocycles. The fourth-order valence-corrected chi connectivity index (χ4v) is 11.9. The van der Waals surface area contributed by atoms with Crippen LogP contribution in [-0.2, 0) is 42.7 Å². The summed E-state index contributed by atoms with van der Waals surface area (Å²) in [6.45, 7) is 13.2. The average Bonchev–Trinajstić information content (AvgIpc) is 2.24. The van der Waals surface area contributed by atoms with Crippen LogP contribution in [0.25, 0.3) is 0 Å². The van der Waals surface area contributed by atoms with Crippen molar-refractivity contribution in [2.24, 2.45) is 5.73 Å². The first-order chi connectivity index (χ1) is 42.1. The van der Waals surface area contributed by atoms with Crippen LogP contribution >= 0.6 is 46.4 Å². The molecule has 5 amide bonds. The van der Waals surface area contributed by atoms with Crippen LogP contribution in [0.3, 0.4) is 0 Å². The Morgan fingerprint density at radius 1 is 0.584 bits per heavy atom. The number of ether oxygens (including phenoxy) is 7. The largest absolute Gasteiger partial charge is 0.464 e. The highest BCUT2D eigenvalue weighted by molar-refractivity contribution is 6.53. The number of aliphatic hydroxyl groups is 4. The Morgan fingerprint density at radius 2 is 0.978 bits per heavy atom. The molecule has 6 unspecified atom stereocenters. The maximum Gasteiger partial charge on any atom is 0.414 e. The number of nitrogens with two attached hydrogens (primary N) is 1. The van der Waals surface area contributed by atoms with Gasteiger partial charge in [0.2, 0.25) is 4.84 Å². The molecule has 8 N–H and O–H groups in total. The first kappa shape index (κ1) is 71.0. The van der Waals surface area contributed by atoms with Gasteiger partial charge in [-0.1, -0.05) is 82.8 Å². The summed E-state index contributed by atoms with van der Waals surface area (Å²) in [6, 6.07) is 23.4. The second-order valence-electron chi connectivity index (χ2n) is 24.4. The number of carbonyl (C=O) groups excluding carboxylic acids is 6. The minimum atomic E-state index is -1.16. The number of fused-ring (bicyclic) bond motifs is 1. The first-order valence-electron chi connectivity index (χ1n) is 30.1. The number of carbonyl (C=O) groups is 6. The SMILES string of the molecule is CC(C)(C)OC(=O)NC[C@H]1CN(c2ccc(C3CCC4OC(C)(C)O[C@H]4C3)cc2)C(=O)O1.CCOC(=O)C(Cl)Cl.NC[C@H]1CN(c2ccc(C3CCC(O)[C@@H](O)C3)cc2)C(=O)O1.O=C(NC[C@H]1CN(c2ccc(C3CCC(O)[C@@H](O)C3)cc2)C(=O)O1)C(Cl)Cl. The van der Waals surface area contributed by atoms with Crippen LogP contribution in [0.5, 0.6) is 0 Å². The quantitative estimate of drug-likeness (QED) is 0.0451. The number of esters is 1. The molecule has 0 spiro atoms. The molecule has 0 aromatic heterocycles. The molecular weight excluding hydrogens is 1240 g/mol. The summed E-state index contributed by atoms with van der Waals surface area (Å²) < 4.78 is 37.5. The van der Waals surface area contributed by atoms with Crippen LogP contribution in [0.2, 0.25) is 0 Å². The Labute approximate surface area is 538 Å². The number of benzene rings is 3. The lowest BCUT2D eigenvalue weighted by molar-refractivity contribution is -0.145. The molecule has 12 atom stereocenters. The zero-order valence-corrected chi connectivity index (χ0v) is 53.9. The van der Waals surface area contributed by atoms with Crippen molar-refractivity contribution < 1.29 is 82.4 Å². The number of alkyl halides is 4. The van der Waals surface area contributed by atoms with E-state index >= 15 is 0 Å². The fourth-order valence-electron chi connectivity index (χ4n) is 11.6. The third-order valence-electron chi connectivity index (χ3n) is 16.1. The van der Waals surface area contributed by atoms with Gasteiger partial charge in [-0.15, -0.1) is 0 Å². The Hall–Kier alpha value is -5.44. The molecule has 0 radical (unpaired) electrons. The highest BCUT2D eigenvalue weighted by Gasteiger charge is 2.45. The number of amides is 5. The van der Waals surface area contributed by atoms with Gasteiger partial charge in [-0.3, -0.25) is 19.5 Å². The van der Waals surface area contributed by atoms with Crippen molar-refractivity contribution in [2.75, 3.05) is 60.6 Å². The summed E-state index contributed by atoms with van der Waals surface area (Å²) in [5.74, 6) is -0.773. The zero-order valence-electron chi connectivity index (χ0n) is 50.9. The van der Waals surface area contributed by atoms with Crippen molar-refractivity contribution in [3.05, 3.63) is 89.5 Å². The third-order valence-corrected chi connectivity index (χ3v) is 16.9. The molecule has 23 nitrogen and oxygen atoms in total. The molecule has 3 saturated carbocycles. The van der Waals surface area contributed by atoms with E-state index in [0.717, 1.165) is 54.6 Å². The van der Waals surface area contributed by atoms with Crippen LogP contribution in [0.1, 0.15) is 134 Å². The topological polar surface area (TPSA) is 308 Å². The summed E-state index contributed by atoms with van der Waals surface area (Å²) in [4.78, 5) is 72.2. The van der Waals surface area contributed by atoms with Gasteiger partial charge < -0.3 is 70.0 Å². The normalized spacial score (nSPS) is 28.0. The van der Waals surface area contributed by atoms with Crippen LogP contribution in [-0.4, -0.2) is 179 Å². The number of anilines is 3. The maximum atomic E-state index is 12.4. The van der Waals surface area contributed by atoms with Crippen molar-refractivity contribution in [1.29, 1.82) is 0 Å². The molecule has 4 aliphatic heterocycles. The average molecular weight is 1330 g/mol. The number of halogens is 4. The van der Waals surface area contributed by atoms with E-state index in [0.29, 0.717) is 70.1 Å². The molecule has 7 fully saturated rings. The van der Waals surface area contributed by atoms with E-state index < -0.39 is 87.8 Å². The van der Waals surface area contributed by atoms with E-state index in [1.165, 1.54) is 10.5 Å². The van der Waals surface area contributed by atoms with Crippen LogP contribution < -0.4 is 31.1 Å². The van der Waals surface area contributed by atoms with Gasteiger partial charge in [-0.05, 0) is 170 Å². The van der Waals surface area contributed by atoms with E-state index in [9.17, 15) is 49.2 Å². The number of hydrogen-bond donors (Lipinski definition) is 7. The Bertz CT molecular complexity index is 2840. The third kappa shape index (κ3) is 20.5. The molecule has 3 aromatic rings. The number of nitrogens with one attached hydrogen (secondary N) is 2. The highest BCUT2D eigenvalue weighted by Crippen LogP contribution is 2.43. The van der Waals surface area contributed by atoms with Crippen LogP contribution in [0.4, 0.5) is 36.2 Å². The fraction of sp³-hybridized carbons (Fsp3) is 0.613. The van der Waals surface area contributed by atoms with Gasteiger partial charge in [0.05, 0.1) is 76.0 Å². The van der Waals surface area contributed by atoms with Gasteiger partial charge in [0.15, 0.2) is 10.6 Å². The standard InChI is InChI=1S/C24H34N2O6.C18H22Cl2N2O5.C16H22N2O4.C4H6Cl2O2/c1-23(2,3)32-21(27)25-13-18-14-26(22(28)29-18)17-9-6-15(7-10-17)16-8-11-19-20(12-16)31-24(4,5)30-19;19-16(20)17(25)21-8-13-9-22(18(26)27-13)12-4-1-10(2-5-12)11-3-6-14(23)15(24)7-11;17-8-13-9-18(16(21)22-13)12-4-1-10(2-5-12)11-3-6-14(19)15(20)7-11;1-2-8-4(7)3(5)6/h6-7,9-10,16,18-20H,8,11-14H2,1-5H3,(H,25,27);1-2,4-5,11,13-16,23-24H,3,6-9H2,(H,21,25);1-2,4-5,11,13-15,19-20H,3,6-9,17H2;3H,2H2,1H3/t16?,18-,19?,20-;2*11?,13-,14?,15-;/m000./s1. The number of aliphatic hydroxyl groups excluding tert-OH is 4. The predicted molar refractivity (Wildman–Crippen MR) is 334 cm³/mol. The molecule has 0 bridgehead atoms. The van der Waals surface area contributed by atoms with E-state index in [-0.39, 0.29) is 49.3 Å². The van der Waals surface area contributed by atoms with Crippen molar-refractivity contribution in [3.8, 4) is 0 Å². The van der Waals surface area contributed by atoms with E-state index in [2.05, 4.69) is 27.5 Å². The monoisotopic (exact) mass is 1320 g/mol. The Kier molecular flexibility index (Phi) is 25.7. The second kappa shape index (κ2) is 32.2. The number of cyclic esters (lactones) is 3. The summed E-state index contributed by atoms with van der Waals surface area (Å²) in [7, 11) is 0. The van der Waals surface area contributed by atoms with Crippen molar-refractivity contribution in [1.82, 2.24) is 10.6 Å². The predicted octanol–water partition coefficient (Wildman–Crippen LogP) is 8.56. The summed E-state index contributed by atoms with van der Waals surface area (Å²) in [5, 5.41) is 44.1. The smallest absolute Gasteiger partial charge is 0.414 e. The molecule has 4 heterocycles. The number of alkyl carbamates (subject to hydrolysis) is 1. The molecule has 27 heteroatoms. The van der Waals surface area contributed by atoms with Gasteiger partial charge in [-0.25, -0.2) is 24.0 Å². The Morgan fingerprint density at radius 3 is 1.35 bits per heavy atom. The van der Waals surface area contributed by atoms with Crippen LogP contribution in [0.15, 0.2) is 72.8 Å². The minimum absolute atomic E-state index is 0.134. The van der Waals surface area contributed by atoms with Gasteiger partial charge >= 0.3 is 30.3 Å². The number of rotatable bonds is 14. The van der Waals surface area contributed by atoms with Gasteiger partial charge in [0, 0.05) is 23.6 Å². The van der Waals surface area contributed by atoms with Gasteiger partial charge in [-0.2, -0.15) is 0 Å². The zero-order chi connectivity index (χ0) is 64.9. The Balaban J connectivity index is 0.000000181.